The number of rotatable bonds is 8. The molecule has 1 heterocycles. The van der Waals surface area contributed by atoms with Gasteiger partial charge >= 0.3 is 6.09 Å². The fourth-order valence-electron chi connectivity index (χ4n) is 3.44. The molecule has 0 aromatic heterocycles. The zero-order valence-corrected chi connectivity index (χ0v) is 20.5. The summed E-state index contributed by atoms with van der Waals surface area (Å²) in [7, 11) is 2.20. The SMILES string of the molecule is CCNC(=NCc1ccc(CN2CCCN(C)CC2)cc1)NCCNC(=O)OC(C)(C)C. The minimum absolute atomic E-state index is 0.409. The van der Waals surface area contributed by atoms with E-state index in [2.05, 4.69) is 62.1 Å². The molecule has 2 rings (SSSR count). The van der Waals surface area contributed by atoms with Gasteiger partial charge < -0.3 is 25.6 Å². The van der Waals surface area contributed by atoms with Crippen LogP contribution in [0.15, 0.2) is 29.3 Å². The van der Waals surface area contributed by atoms with Gasteiger partial charge in [-0.25, -0.2) is 9.79 Å². The fraction of sp³-hybridized carbons (Fsp3) is 0.667. The van der Waals surface area contributed by atoms with Crippen molar-refractivity contribution in [3.8, 4) is 0 Å². The molecule has 1 saturated heterocycles. The molecule has 0 radical (unpaired) electrons. The molecule has 1 amide bonds. The Morgan fingerprint density at radius 1 is 1.00 bits per heavy atom. The molecule has 0 saturated carbocycles. The zero-order valence-electron chi connectivity index (χ0n) is 20.5. The van der Waals surface area contributed by atoms with Crippen LogP contribution in [0, 0.1) is 0 Å². The Balaban J connectivity index is 1.77. The number of nitrogens with one attached hydrogen (secondary N) is 3. The number of benzene rings is 1. The average molecular weight is 447 g/mol. The van der Waals surface area contributed by atoms with E-state index in [1.165, 1.54) is 24.1 Å². The summed E-state index contributed by atoms with van der Waals surface area (Å²) in [6.45, 7) is 15.6. The predicted octanol–water partition coefficient (Wildman–Crippen LogP) is 2.40. The van der Waals surface area contributed by atoms with Gasteiger partial charge in [0.2, 0.25) is 0 Å². The Bertz CT molecular complexity index is 714. The molecule has 1 aliphatic rings. The molecule has 1 aromatic carbocycles. The smallest absolute Gasteiger partial charge is 0.407 e. The lowest BCUT2D eigenvalue weighted by molar-refractivity contribution is 0.0529. The van der Waals surface area contributed by atoms with Crippen LogP contribution in [0.1, 0.15) is 45.2 Å². The van der Waals surface area contributed by atoms with Crippen molar-refractivity contribution in [2.45, 2.75) is 52.8 Å². The van der Waals surface area contributed by atoms with Crippen LogP contribution in [-0.4, -0.2) is 80.3 Å². The molecule has 0 atom stereocenters. The normalized spacial score (nSPS) is 16.3. The van der Waals surface area contributed by atoms with Crippen LogP contribution in [0.25, 0.3) is 0 Å². The van der Waals surface area contributed by atoms with Crippen molar-refractivity contribution in [1.29, 1.82) is 0 Å². The van der Waals surface area contributed by atoms with E-state index in [9.17, 15) is 4.79 Å². The summed E-state index contributed by atoms with van der Waals surface area (Å²) in [5, 5.41) is 9.22. The summed E-state index contributed by atoms with van der Waals surface area (Å²) in [5.41, 5.74) is 2.03. The lowest BCUT2D eigenvalue weighted by Gasteiger charge is -2.20. The van der Waals surface area contributed by atoms with Crippen molar-refractivity contribution in [1.82, 2.24) is 25.8 Å². The van der Waals surface area contributed by atoms with Crippen molar-refractivity contribution in [3.05, 3.63) is 35.4 Å². The molecule has 0 spiro atoms. The van der Waals surface area contributed by atoms with E-state index < -0.39 is 11.7 Å². The number of carbonyl (C=O) groups excluding carboxylic acids is 1. The second-order valence-corrected chi connectivity index (χ2v) is 9.30. The van der Waals surface area contributed by atoms with E-state index in [0.717, 1.165) is 38.7 Å². The van der Waals surface area contributed by atoms with Gasteiger partial charge in [0.05, 0.1) is 6.54 Å². The summed E-state index contributed by atoms with van der Waals surface area (Å²) < 4.78 is 5.24. The molecule has 180 valence electrons. The van der Waals surface area contributed by atoms with E-state index in [1.807, 2.05) is 27.7 Å². The number of carbonyl (C=O) groups is 1. The van der Waals surface area contributed by atoms with Gasteiger partial charge in [0.15, 0.2) is 5.96 Å². The highest BCUT2D eigenvalue weighted by Crippen LogP contribution is 2.11. The standard InChI is InChI=1S/C24H42N6O2/c1-6-25-22(26-12-13-27-23(31)32-24(2,3)4)28-18-20-8-10-21(11-9-20)19-30-15-7-14-29(5)16-17-30/h8-11H,6-7,12-19H2,1-5H3,(H,27,31)(H2,25,26,28). The number of likely N-dealkylation sites (N-methyl/N-ethyl adjacent to an activating group) is 1. The molecule has 8 nitrogen and oxygen atoms in total. The van der Waals surface area contributed by atoms with E-state index >= 15 is 0 Å². The van der Waals surface area contributed by atoms with Crippen molar-refractivity contribution in [3.63, 3.8) is 0 Å². The Labute approximate surface area is 193 Å². The number of alkyl carbamates (subject to hydrolysis) is 1. The highest BCUT2D eigenvalue weighted by molar-refractivity contribution is 5.79. The number of nitrogens with zero attached hydrogens (tertiary/aromatic N) is 3. The molecule has 32 heavy (non-hydrogen) atoms. The van der Waals surface area contributed by atoms with Gasteiger partial charge in [-0.15, -0.1) is 0 Å². The molecule has 1 aromatic rings. The Morgan fingerprint density at radius 3 is 2.38 bits per heavy atom. The molecule has 8 heteroatoms. The van der Waals surface area contributed by atoms with Crippen molar-refractivity contribution in [2.75, 3.05) is 52.9 Å². The number of guanidine groups is 1. The highest BCUT2D eigenvalue weighted by atomic mass is 16.6. The maximum absolute atomic E-state index is 11.7. The maximum atomic E-state index is 11.7. The molecule has 1 aliphatic heterocycles. The van der Waals surface area contributed by atoms with Crippen LogP contribution in [-0.2, 0) is 17.8 Å². The van der Waals surface area contributed by atoms with Crippen LogP contribution in [0.4, 0.5) is 4.79 Å². The zero-order chi connectivity index (χ0) is 23.4. The summed E-state index contributed by atoms with van der Waals surface area (Å²) in [6.07, 6.45) is 0.824. The third-order valence-electron chi connectivity index (χ3n) is 5.09. The van der Waals surface area contributed by atoms with Crippen LogP contribution in [0.2, 0.25) is 0 Å². The van der Waals surface area contributed by atoms with Gasteiger partial charge in [0, 0.05) is 39.3 Å². The topological polar surface area (TPSA) is 81.2 Å². The molecule has 0 unspecified atom stereocenters. The molecule has 1 fully saturated rings. The van der Waals surface area contributed by atoms with Crippen LogP contribution in [0.5, 0.6) is 0 Å². The second kappa shape index (κ2) is 13.3. The average Bonchev–Trinajstić information content (AvgIpc) is 2.93. The minimum Gasteiger partial charge on any atom is -0.444 e. The molecule has 0 bridgehead atoms. The van der Waals surface area contributed by atoms with E-state index in [0.29, 0.717) is 19.6 Å². The first-order chi connectivity index (χ1) is 15.2. The lowest BCUT2D eigenvalue weighted by Crippen LogP contribution is -2.42. The molecule has 3 N–H and O–H groups in total. The van der Waals surface area contributed by atoms with Gasteiger partial charge in [-0.05, 0) is 65.4 Å². The second-order valence-electron chi connectivity index (χ2n) is 9.30. The van der Waals surface area contributed by atoms with Gasteiger partial charge in [0.25, 0.3) is 0 Å². The third-order valence-corrected chi connectivity index (χ3v) is 5.09. The molecular formula is C24H42N6O2. The fourth-order valence-corrected chi connectivity index (χ4v) is 3.44. The number of ether oxygens (including phenoxy) is 1. The van der Waals surface area contributed by atoms with Gasteiger partial charge in [-0.3, -0.25) is 4.90 Å². The lowest BCUT2D eigenvalue weighted by atomic mass is 10.1. The Kier molecular flexibility index (Phi) is 10.8. The Morgan fingerprint density at radius 2 is 1.69 bits per heavy atom. The van der Waals surface area contributed by atoms with Gasteiger partial charge in [-0.1, -0.05) is 24.3 Å². The van der Waals surface area contributed by atoms with E-state index in [-0.39, 0.29) is 0 Å². The minimum atomic E-state index is -0.493. The first-order valence-corrected chi connectivity index (χ1v) is 11.7. The predicted molar refractivity (Wildman–Crippen MR) is 131 cm³/mol. The van der Waals surface area contributed by atoms with Crippen molar-refractivity contribution < 1.29 is 9.53 Å². The van der Waals surface area contributed by atoms with Gasteiger partial charge in [-0.2, -0.15) is 0 Å². The molecule has 0 aliphatic carbocycles. The van der Waals surface area contributed by atoms with Gasteiger partial charge in [0.1, 0.15) is 5.60 Å². The van der Waals surface area contributed by atoms with E-state index in [1.54, 1.807) is 0 Å². The third kappa shape index (κ3) is 10.8. The highest BCUT2D eigenvalue weighted by Gasteiger charge is 2.15. The first-order valence-electron chi connectivity index (χ1n) is 11.7. The number of amides is 1. The molecular weight excluding hydrogens is 404 g/mol. The largest absolute Gasteiger partial charge is 0.444 e. The number of hydrogen-bond acceptors (Lipinski definition) is 5. The summed E-state index contributed by atoms with van der Waals surface area (Å²) in [4.78, 5) is 21.3. The number of aliphatic imine (C=N–C) groups is 1. The first kappa shape index (κ1) is 25.9. The summed E-state index contributed by atoms with van der Waals surface area (Å²) >= 11 is 0. The van der Waals surface area contributed by atoms with Crippen molar-refractivity contribution >= 4 is 12.1 Å². The Hall–Kier alpha value is -2.32. The summed E-state index contributed by atoms with van der Waals surface area (Å²) in [5.74, 6) is 0.733. The maximum Gasteiger partial charge on any atom is 0.407 e. The summed E-state index contributed by atoms with van der Waals surface area (Å²) in [6, 6.07) is 8.75. The van der Waals surface area contributed by atoms with E-state index in [4.69, 9.17) is 4.74 Å². The van der Waals surface area contributed by atoms with Crippen molar-refractivity contribution in [2.24, 2.45) is 4.99 Å². The monoisotopic (exact) mass is 446 g/mol. The van der Waals surface area contributed by atoms with Crippen LogP contribution < -0.4 is 16.0 Å². The van der Waals surface area contributed by atoms with Crippen LogP contribution >= 0.6 is 0 Å². The number of hydrogen-bond donors (Lipinski definition) is 3. The quantitative estimate of drug-likeness (QED) is 0.323. The van der Waals surface area contributed by atoms with Crippen LogP contribution in [0.3, 0.4) is 0 Å².